The molecule has 0 spiro atoms. The summed E-state index contributed by atoms with van der Waals surface area (Å²) in [5, 5.41) is 2.48. The zero-order valence-electron chi connectivity index (χ0n) is 12.6. The highest BCUT2D eigenvalue weighted by molar-refractivity contribution is 5.96. The number of nitrogens with two attached hydrogens (primary N) is 1. The van der Waals surface area contributed by atoms with Crippen molar-refractivity contribution in [2.24, 2.45) is 5.73 Å². The Balaban J connectivity index is 2.11. The molecule has 0 unspecified atom stereocenters. The number of rotatable bonds is 5. The molecule has 6 nitrogen and oxygen atoms in total. The number of ether oxygens (including phenoxy) is 2. The first-order valence-electron chi connectivity index (χ1n) is 7.24. The van der Waals surface area contributed by atoms with Crippen molar-refractivity contribution in [1.29, 1.82) is 0 Å². The van der Waals surface area contributed by atoms with E-state index in [1.807, 2.05) is 0 Å². The molecule has 0 saturated carbocycles. The predicted octanol–water partition coefficient (Wildman–Crippen LogP) is 1.09. The fourth-order valence-corrected chi connectivity index (χ4v) is 2.42. The van der Waals surface area contributed by atoms with Crippen molar-refractivity contribution in [1.82, 2.24) is 5.32 Å². The van der Waals surface area contributed by atoms with Gasteiger partial charge in [0.2, 0.25) is 5.91 Å². The van der Waals surface area contributed by atoms with Gasteiger partial charge in [-0.1, -0.05) is 12.1 Å². The average molecular weight is 346 g/mol. The van der Waals surface area contributed by atoms with E-state index in [0.29, 0.717) is 13.0 Å². The van der Waals surface area contributed by atoms with Crippen LogP contribution in [0.5, 0.6) is 0 Å². The second-order valence-electron chi connectivity index (χ2n) is 5.30. The van der Waals surface area contributed by atoms with Crippen LogP contribution in [0.2, 0.25) is 0 Å². The van der Waals surface area contributed by atoms with Gasteiger partial charge in [0.25, 0.3) is 5.91 Å². The number of primary amides is 1. The van der Waals surface area contributed by atoms with Crippen LogP contribution < -0.4 is 11.1 Å². The molecule has 0 bridgehead atoms. The molecule has 24 heavy (non-hydrogen) atoms. The molecule has 2 rings (SSSR count). The first-order chi connectivity index (χ1) is 11.3. The summed E-state index contributed by atoms with van der Waals surface area (Å²) in [5.74, 6) is -1.56. The van der Waals surface area contributed by atoms with Crippen molar-refractivity contribution in [2.75, 3.05) is 19.8 Å². The number of carbonyl (C=O) groups is 2. The van der Waals surface area contributed by atoms with Gasteiger partial charge in [0.05, 0.1) is 29.9 Å². The van der Waals surface area contributed by atoms with Crippen LogP contribution in [0.25, 0.3) is 0 Å². The summed E-state index contributed by atoms with van der Waals surface area (Å²) >= 11 is 0. The van der Waals surface area contributed by atoms with Crippen LogP contribution >= 0.6 is 0 Å². The molecule has 1 fully saturated rings. The zero-order valence-corrected chi connectivity index (χ0v) is 12.6. The standard InChI is InChI=1S/C15H17F3N2O4/c16-15(17,18)10-4-2-1-3-9(10)14(22)20-11-7-23-6-5-12(11)24-8-13(19)21/h1-4,11-12H,5-8H2,(H2,19,21)(H,20,22)/t11-,12+/m1/s1. The Morgan fingerprint density at radius 1 is 1.33 bits per heavy atom. The van der Waals surface area contributed by atoms with Gasteiger partial charge >= 0.3 is 6.18 Å². The van der Waals surface area contributed by atoms with Crippen LogP contribution in [0.1, 0.15) is 22.3 Å². The number of carbonyl (C=O) groups excluding carboxylic acids is 2. The smallest absolute Gasteiger partial charge is 0.379 e. The molecule has 0 aromatic heterocycles. The first-order valence-corrected chi connectivity index (χ1v) is 7.24. The number of halogens is 3. The van der Waals surface area contributed by atoms with Crippen molar-refractivity contribution in [2.45, 2.75) is 24.7 Å². The van der Waals surface area contributed by atoms with Gasteiger partial charge in [-0.3, -0.25) is 9.59 Å². The van der Waals surface area contributed by atoms with Gasteiger partial charge < -0.3 is 20.5 Å². The minimum Gasteiger partial charge on any atom is -0.379 e. The summed E-state index contributed by atoms with van der Waals surface area (Å²) in [7, 11) is 0. The third kappa shape index (κ3) is 4.68. The van der Waals surface area contributed by atoms with Gasteiger partial charge in [-0.2, -0.15) is 13.2 Å². The minimum atomic E-state index is -4.64. The summed E-state index contributed by atoms with van der Waals surface area (Å²) in [5.41, 5.74) is 3.51. The number of alkyl halides is 3. The van der Waals surface area contributed by atoms with E-state index < -0.39 is 41.3 Å². The van der Waals surface area contributed by atoms with Crippen molar-refractivity contribution in [3.8, 4) is 0 Å². The van der Waals surface area contributed by atoms with Crippen LogP contribution in [-0.4, -0.2) is 43.8 Å². The summed E-state index contributed by atoms with van der Waals surface area (Å²) in [4.78, 5) is 23.1. The van der Waals surface area contributed by atoms with Gasteiger partial charge in [0.15, 0.2) is 0 Å². The molecular weight excluding hydrogens is 329 g/mol. The maximum Gasteiger partial charge on any atom is 0.417 e. The monoisotopic (exact) mass is 346 g/mol. The number of hydrogen-bond donors (Lipinski definition) is 2. The Labute approximate surface area is 136 Å². The molecule has 2 atom stereocenters. The molecule has 1 heterocycles. The summed E-state index contributed by atoms with van der Waals surface area (Å²) in [6.45, 7) is 0.0917. The van der Waals surface area contributed by atoms with E-state index in [1.54, 1.807) is 0 Å². The van der Waals surface area contributed by atoms with Crippen LogP contribution in [-0.2, 0) is 20.4 Å². The fraction of sp³-hybridized carbons (Fsp3) is 0.467. The highest BCUT2D eigenvalue weighted by atomic mass is 19.4. The average Bonchev–Trinajstić information content (AvgIpc) is 2.53. The lowest BCUT2D eigenvalue weighted by atomic mass is 10.0. The van der Waals surface area contributed by atoms with Crippen LogP contribution in [0.3, 0.4) is 0 Å². The van der Waals surface area contributed by atoms with Crippen molar-refractivity contribution in [3.05, 3.63) is 35.4 Å². The lowest BCUT2D eigenvalue weighted by Crippen LogP contribution is -2.51. The molecule has 0 radical (unpaired) electrons. The van der Waals surface area contributed by atoms with Gasteiger partial charge in [-0.05, 0) is 18.6 Å². The molecule has 9 heteroatoms. The van der Waals surface area contributed by atoms with E-state index in [4.69, 9.17) is 15.2 Å². The van der Waals surface area contributed by atoms with E-state index in [1.165, 1.54) is 12.1 Å². The molecule has 1 aliphatic heterocycles. The highest BCUT2D eigenvalue weighted by Gasteiger charge is 2.36. The maximum atomic E-state index is 13.0. The fourth-order valence-electron chi connectivity index (χ4n) is 2.42. The number of nitrogens with one attached hydrogen (secondary N) is 1. The maximum absolute atomic E-state index is 13.0. The topological polar surface area (TPSA) is 90.7 Å². The van der Waals surface area contributed by atoms with Crippen LogP contribution in [0.4, 0.5) is 13.2 Å². The minimum absolute atomic E-state index is 0.0728. The number of amides is 2. The molecule has 1 aromatic rings. The van der Waals surface area contributed by atoms with Crippen molar-refractivity contribution < 1.29 is 32.2 Å². The van der Waals surface area contributed by atoms with Crippen LogP contribution in [0, 0.1) is 0 Å². The van der Waals surface area contributed by atoms with Crippen molar-refractivity contribution in [3.63, 3.8) is 0 Å². The summed E-state index contributed by atoms with van der Waals surface area (Å²) in [6, 6.07) is 3.82. The first kappa shape index (κ1) is 18.2. The molecule has 1 aromatic carbocycles. The summed E-state index contributed by atoms with van der Waals surface area (Å²) in [6.07, 6.45) is -4.81. The molecule has 132 valence electrons. The quantitative estimate of drug-likeness (QED) is 0.835. The van der Waals surface area contributed by atoms with E-state index in [2.05, 4.69) is 5.32 Å². The second-order valence-corrected chi connectivity index (χ2v) is 5.30. The van der Waals surface area contributed by atoms with E-state index in [-0.39, 0.29) is 13.2 Å². The largest absolute Gasteiger partial charge is 0.417 e. The van der Waals surface area contributed by atoms with Crippen molar-refractivity contribution >= 4 is 11.8 Å². The molecular formula is C15H17F3N2O4. The molecule has 3 N–H and O–H groups in total. The zero-order chi connectivity index (χ0) is 17.7. The lowest BCUT2D eigenvalue weighted by molar-refractivity contribution is -0.138. The van der Waals surface area contributed by atoms with E-state index in [9.17, 15) is 22.8 Å². The molecule has 1 saturated heterocycles. The van der Waals surface area contributed by atoms with E-state index in [0.717, 1.165) is 12.1 Å². The molecule has 0 aliphatic carbocycles. The van der Waals surface area contributed by atoms with E-state index >= 15 is 0 Å². The third-order valence-electron chi connectivity index (χ3n) is 3.53. The van der Waals surface area contributed by atoms with Crippen LogP contribution in [0.15, 0.2) is 24.3 Å². The van der Waals surface area contributed by atoms with Gasteiger partial charge in [-0.25, -0.2) is 0 Å². The SMILES string of the molecule is NC(=O)CO[C@H]1CCOC[C@H]1NC(=O)c1ccccc1C(F)(F)F. The Kier molecular flexibility index (Phi) is 5.79. The Morgan fingerprint density at radius 3 is 2.71 bits per heavy atom. The Morgan fingerprint density at radius 2 is 2.04 bits per heavy atom. The third-order valence-corrected chi connectivity index (χ3v) is 3.53. The second kappa shape index (κ2) is 7.63. The molecule has 1 aliphatic rings. The number of benzene rings is 1. The normalized spacial score (nSPS) is 21.3. The highest BCUT2D eigenvalue weighted by Crippen LogP contribution is 2.31. The number of hydrogen-bond acceptors (Lipinski definition) is 4. The summed E-state index contributed by atoms with van der Waals surface area (Å²) < 4.78 is 49.5. The Hall–Kier alpha value is -2.13. The molecule has 2 amide bonds. The van der Waals surface area contributed by atoms with Gasteiger partial charge in [0.1, 0.15) is 6.61 Å². The van der Waals surface area contributed by atoms with Gasteiger partial charge in [0, 0.05) is 6.61 Å². The lowest BCUT2D eigenvalue weighted by Gasteiger charge is -2.32. The Bertz CT molecular complexity index is 607. The van der Waals surface area contributed by atoms with Gasteiger partial charge in [-0.15, -0.1) is 0 Å². The predicted molar refractivity (Wildman–Crippen MR) is 77.1 cm³/mol.